The van der Waals surface area contributed by atoms with Gasteiger partial charge in [0.15, 0.2) is 11.5 Å². The Bertz CT molecular complexity index is 535. The van der Waals surface area contributed by atoms with Crippen LogP contribution in [0.25, 0.3) is 0 Å². The van der Waals surface area contributed by atoms with Crippen molar-refractivity contribution < 1.29 is 14.3 Å². The van der Waals surface area contributed by atoms with Gasteiger partial charge < -0.3 is 20.1 Å². The van der Waals surface area contributed by atoms with Crippen molar-refractivity contribution in [2.45, 2.75) is 39.2 Å². The molecule has 1 fully saturated rings. The monoisotopic (exact) mass is 376 g/mol. The van der Waals surface area contributed by atoms with E-state index in [1.807, 2.05) is 13.8 Å². The first-order chi connectivity index (χ1) is 11.2. The number of rotatable bonds is 8. The molecule has 0 radical (unpaired) electrons. The van der Waals surface area contributed by atoms with Crippen LogP contribution in [0.3, 0.4) is 0 Å². The van der Waals surface area contributed by atoms with Gasteiger partial charge in [-0.05, 0) is 44.9 Å². The van der Waals surface area contributed by atoms with Crippen molar-refractivity contribution in [3.05, 3.63) is 22.7 Å². The highest BCUT2D eigenvalue weighted by atomic mass is 35.5. The lowest BCUT2D eigenvalue weighted by Crippen LogP contribution is -2.37. The molecule has 2 rings (SSSR count). The van der Waals surface area contributed by atoms with Crippen LogP contribution in [0.1, 0.15) is 43.5 Å². The molecule has 0 aliphatic carbocycles. The smallest absolute Gasteiger partial charge is 0.251 e. The molecular formula is C17H26Cl2N2O3. The van der Waals surface area contributed by atoms with E-state index in [9.17, 15) is 4.79 Å². The second-order valence-electron chi connectivity index (χ2n) is 5.57. The topological polar surface area (TPSA) is 59.6 Å². The highest BCUT2D eigenvalue weighted by molar-refractivity contribution is 6.32. The van der Waals surface area contributed by atoms with Gasteiger partial charge >= 0.3 is 0 Å². The van der Waals surface area contributed by atoms with Gasteiger partial charge in [-0.15, -0.1) is 12.4 Å². The van der Waals surface area contributed by atoms with Crippen LogP contribution in [0.4, 0.5) is 0 Å². The average molecular weight is 377 g/mol. The molecule has 1 aliphatic heterocycles. The number of halogens is 2. The van der Waals surface area contributed by atoms with E-state index < -0.39 is 0 Å². The van der Waals surface area contributed by atoms with Crippen molar-refractivity contribution in [3.8, 4) is 11.5 Å². The van der Waals surface area contributed by atoms with Gasteiger partial charge in [-0.1, -0.05) is 18.5 Å². The Labute approximate surface area is 154 Å². The molecule has 0 bridgehead atoms. The maximum atomic E-state index is 12.3. The number of hydrogen-bond acceptors (Lipinski definition) is 4. The van der Waals surface area contributed by atoms with Crippen LogP contribution in [0, 0.1) is 0 Å². The van der Waals surface area contributed by atoms with Crippen LogP contribution < -0.4 is 20.1 Å². The Morgan fingerprint density at radius 1 is 1.38 bits per heavy atom. The van der Waals surface area contributed by atoms with Gasteiger partial charge in [-0.2, -0.15) is 0 Å². The molecule has 1 aromatic carbocycles. The lowest BCUT2D eigenvalue weighted by Gasteiger charge is -2.16. The molecule has 5 nitrogen and oxygen atoms in total. The molecule has 0 aromatic heterocycles. The predicted octanol–water partition coefficient (Wildman–Crippen LogP) is 3.43. The van der Waals surface area contributed by atoms with Crippen molar-refractivity contribution >= 4 is 29.9 Å². The summed E-state index contributed by atoms with van der Waals surface area (Å²) in [5.41, 5.74) is 0.486. The summed E-state index contributed by atoms with van der Waals surface area (Å²) in [5.74, 6) is 0.866. The molecule has 1 aromatic rings. The van der Waals surface area contributed by atoms with Crippen molar-refractivity contribution in [2.24, 2.45) is 0 Å². The third kappa shape index (κ3) is 5.72. The minimum absolute atomic E-state index is 0. The van der Waals surface area contributed by atoms with Crippen molar-refractivity contribution in [1.82, 2.24) is 10.6 Å². The molecule has 0 saturated carbocycles. The summed E-state index contributed by atoms with van der Waals surface area (Å²) in [7, 11) is 0. The molecule has 1 aliphatic rings. The second-order valence-corrected chi connectivity index (χ2v) is 5.98. The summed E-state index contributed by atoms with van der Waals surface area (Å²) in [6.07, 6.45) is 3.12. The number of ether oxygens (including phenoxy) is 2. The zero-order valence-electron chi connectivity index (χ0n) is 14.2. The van der Waals surface area contributed by atoms with Crippen molar-refractivity contribution in [2.75, 3.05) is 26.3 Å². The minimum atomic E-state index is -0.149. The molecule has 24 heavy (non-hydrogen) atoms. The van der Waals surface area contributed by atoms with Crippen molar-refractivity contribution in [1.29, 1.82) is 0 Å². The number of nitrogens with one attached hydrogen (secondary N) is 2. The second kappa shape index (κ2) is 10.6. The summed E-state index contributed by atoms with van der Waals surface area (Å²) in [6, 6.07) is 3.68. The maximum Gasteiger partial charge on any atom is 0.251 e. The molecule has 0 spiro atoms. The van der Waals surface area contributed by atoms with E-state index in [-0.39, 0.29) is 18.3 Å². The third-order valence-electron chi connectivity index (χ3n) is 3.69. The van der Waals surface area contributed by atoms with E-state index in [1.165, 1.54) is 0 Å². The predicted molar refractivity (Wildman–Crippen MR) is 99.0 cm³/mol. The molecule has 136 valence electrons. The van der Waals surface area contributed by atoms with Gasteiger partial charge in [-0.3, -0.25) is 4.79 Å². The van der Waals surface area contributed by atoms with E-state index in [1.54, 1.807) is 12.1 Å². The number of amides is 1. The Kier molecular flexibility index (Phi) is 9.26. The Balaban J connectivity index is 0.00000288. The zero-order valence-corrected chi connectivity index (χ0v) is 15.8. The van der Waals surface area contributed by atoms with E-state index >= 15 is 0 Å². The number of benzene rings is 1. The lowest BCUT2D eigenvalue weighted by atomic mass is 10.1. The highest BCUT2D eigenvalue weighted by Crippen LogP contribution is 2.36. The summed E-state index contributed by atoms with van der Waals surface area (Å²) in [4.78, 5) is 12.3. The van der Waals surface area contributed by atoms with E-state index in [4.69, 9.17) is 21.1 Å². The SMILES string of the molecule is CCCOc1c(Cl)cc(C(=O)NCC2CCCN2)cc1OCC.Cl. The largest absolute Gasteiger partial charge is 0.490 e. The standard InChI is InChI=1S/C17H25ClN2O3.ClH/c1-3-8-23-16-14(18)9-12(10-15(16)22-4-2)17(21)20-11-13-6-5-7-19-13;/h9-10,13,19H,3-8,11H2,1-2H3,(H,20,21);1H. The number of hydrogen-bond donors (Lipinski definition) is 2. The highest BCUT2D eigenvalue weighted by Gasteiger charge is 2.18. The fourth-order valence-corrected chi connectivity index (χ4v) is 2.82. The van der Waals surface area contributed by atoms with E-state index in [2.05, 4.69) is 10.6 Å². The fraction of sp³-hybridized carbons (Fsp3) is 0.588. The number of carbonyl (C=O) groups is 1. The van der Waals surface area contributed by atoms with Crippen LogP contribution in [-0.2, 0) is 0 Å². The van der Waals surface area contributed by atoms with E-state index in [0.29, 0.717) is 47.9 Å². The minimum Gasteiger partial charge on any atom is -0.490 e. The van der Waals surface area contributed by atoms with Gasteiger partial charge in [-0.25, -0.2) is 0 Å². The van der Waals surface area contributed by atoms with Crippen LogP contribution in [0.5, 0.6) is 11.5 Å². The first kappa shape index (κ1) is 20.9. The first-order valence-electron chi connectivity index (χ1n) is 8.26. The van der Waals surface area contributed by atoms with Crippen LogP contribution in [-0.4, -0.2) is 38.3 Å². The molecule has 1 amide bonds. The normalized spacial score (nSPS) is 16.4. The van der Waals surface area contributed by atoms with Crippen LogP contribution in [0.15, 0.2) is 12.1 Å². The molecule has 1 heterocycles. The van der Waals surface area contributed by atoms with Gasteiger partial charge in [0.1, 0.15) is 0 Å². The van der Waals surface area contributed by atoms with Gasteiger partial charge in [0.2, 0.25) is 0 Å². The molecule has 1 saturated heterocycles. The summed E-state index contributed by atoms with van der Waals surface area (Å²) < 4.78 is 11.2. The molecule has 7 heteroatoms. The average Bonchev–Trinajstić information content (AvgIpc) is 3.05. The lowest BCUT2D eigenvalue weighted by molar-refractivity contribution is 0.0949. The molecule has 1 unspecified atom stereocenters. The van der Waals surface area contributed by atoms with Crippen LogP contribution >= 0.6 is 24.0 Å². The maximum absolute atomic E-state index is 12.3. The molecular weight excluding hydrogens is 351 g/mol. The quantitative estimate of drug-likeness (QED) is 0.729. The third-order valence-corrected chi connectivity index (χ3v) is 3.97. The van der Waals surface area contributed by atoms with Crippen molar-refractivity contribution in [3.63, 3.8) is 0 Å². The fourth-order valence-electron chi connectivity index (χ4n) is 2.56. The Morgan fingerprint density at radius 2 is 2.17 bits per heavy atom. The van der Waals surface area contributed by atoms with Crippen LogP contribution in [0.2, 0.25) is 5.02 Å². The summed E-state index contributed by atoms with van der Waals surface area (Å²) in [5, 5.41) is 6.69. The van der Waals surface area contributed by atoms with Gasteiger partial charge in [0.05, 0.1) is 18.2 Å². The summed E-state index contributed by atoms with van der Waals surface area (Å²) in [6.45, 7) is 6.58. The first-order valence-corrected chi connectivity index (χ1v) is 8.64. The van der Waals surface area contributed by atoms with Gasteiger partial charge in [0, 0.05) is 18.2 Å². The molecule has 2 N–H and O–H groups in total. The van der Waals surface area contributed by atoms with Gasteiger partial charge in [0.25, 0.3) is 5.91 Å². The molecule has 1 atom stereocenters. The zero-order chi connectivity index (χ0) is 16.7. The Hall–Kier alpha value is -1.17. The van der Waals surface area contributed by atoms with E-state index in [0.717, 1.165) is 25.8 Å². The summed E-state index contributed by atoms with van der Waals surface area (Å²) >= 11 is 6.28. The Morgan fingerprint density at radius 3 is 2.79 bits per heavy atom. The number of carbonyl (C=O) groups excluding carboxylic acids is 1.